The fourth-order valence-electron chi connectivity index (χ4n) is 2.60. The van der Waals surface area contributed by atoms with Gasteiger partial charge in [0.05, 0.1) is 5.75 Å². The van der Waals surface area contributed by atoms with Crippen molar-refractivity contribution in [2.24, 2.45) is 11.5 Å². The number of thioether (sulfide) groups is 2. The van der Waals surface area contributed by atoms with Crippen LogP contribution in [-0.2, 0) is 23.9 Å². The van der Waals surface area contributed by atoms with E-state index in [1.54, 1.807) is 0 Å². The van der Waals surface area contributed by atoms with Crippen molar-refractivity contribution in [3.05, 3.63) is 11.3 Å². The van der Waals surface area contributed by atoms with E-state index in [2.05, 4.69) is 10.1 Å². The van der Waals surface area contributed by atoms with Crippen LogP contribution in [0.5, 0.6) is 0 Å². The number of fused-ring (bicyclic) bond motifs is 1. The van der Waals surface area contributed by atoms with E-state index >= 15 is 0 Å². The van der Waals surface area contributed by atoms with Crippen LogP contribution in [0.1, 0.15) is 0 Å². The van der Waals surface area contributed by atoms with E-state index in [1.807, 2.05) is 0 Å². The summed E-state index contributed by atoms with van der Waals surface area (Å²) >= 11 is 1.90. The molecule has 148 valence electrons. The molecule has 3 amide bonds. The van der Waals surface area contributed by atoms with Gasteiger partial charge in [0, 0.05) is 18.4 Å². The van der Waals surface area contributed by atoms with Gasteiger partial charge in [0.25, 0.3) is 11.6 Å². The standard InChI is InChI=1S/C13H17N5O7S2/c1-24-13(17-6(19)4-27-11(14)15)9(22)18-7(8(20)21)5(2-25-12(16)23)3-26-10(13)18/h10H,2-4H2,1H3,(H3,14,15)(H2,16,23)(H,17,19)(H,20,21)/t10-,13?/m1/s1. The van der Waals surface area contributed by atoms with E-state index in [9.17, 15) is 24.3 Å². The second kappa shape index (κ2) is 8.06. The number of nitrogens with zero attached hydrogens (tertiary/aromatic N) is 1. The van der Waals surface area contributed by atoms with Crippen molar-refractivity contribution < 1.29 is 33.8 Å². The first-order valence-electron chi connectivity index (χ1n) is 7.29. The van der Waals surface area contributed by atoms with Gasteiger partial charge < -0.3 is 31.4 Å². The quantitative estimate of drug-likeness (QED) is 0.139. The van der Waals surface area contributed by atoms with Gasteiger partial charge in [-0.2, -0.15) is 0 Å². The molecule has 2 aliphatic heterocycles. The highest BCUT2D eigenvalue weighted by atomic mass is 32.2. The van der Waals surface area contributed by atoms with Crippen molar-refractivity contribution in [2.75, 3.05) is 25.2 Å². The number of carbonyl (C=O) groups is 4. The summed E-state index contributed by atoms with van der Waals surface area (Å²) in [6.07, 6.45) is -1.07. The Hall–Kier alpha value is -2.45. The smallest absolute Gasteiger partial charge is 0.404 e. The molecule has 0 aliphatic carbocycles. The Morgan fingerprint density at radius 2 is 2.15 bits per heavy atom. The number of carboxylic acids is 1. The van der Waals surface area contributed by atoms with Gasteiger partial charge in [0.15, 0.2) is 5.17 Å². The minimum absolute atomic E-state index is 0.118. The van der Waals surface area contributed by atoms with Gasteiger partial charge in [-0.05, 0) is 0 Å². The first-order valence-corrected chi connectivity index (χ1v) is 9.33. The number of amidine groups is 1. The van der Waals surface area contributed by atoms with Crippen LogP contribution in [0.2, 0.25) is 0 Å². The van der Waals surface area contributed by atoms with Gasteiger partial charge in [-0.3, -0.25) is 19.9 Å². The summed E-state index contributed by atoms with van der Waals surface area (Å²) in [4.78, 5) is 48.1. The highest BCUT2D eigenvalue weighted by molar-refractivity contribution is 8.14. The molecule has 0 aromatic heterocycles. The summed E-state index contributed by atoms with van der Waals surface area (Å²) in [5, 5.41) is 17.9. The molecular weight excluding hydrogens is 402 g/mol. The summed E-state index contributed by atoms with van der Waals surface area (Å²) in [7, 11) is 1.21. The van der Waals surface area contributed by atoms with E-state index < -0.39 is 35.0 Å². The van der Waals surface area contributed by atoms with Crippen LogP contribution in [0, 0.1) is 5.41 Å². The molecule has 1 unspecified atom stereocenters. The Morgan fingerprint density at radius 3 is 2.67 bits per heavy atom. The molecule has 1 saturated heterocycles. The molecule has 12 nitrogen and oxygen atoms in total. The van der Waals surface area contributed by atoms with Crippen LogP contribution in [0.25, 0.3) is 0 Å². The van der Waals surface area contributed by atoms with Gasteiger partial charge in [-0.1, -0.05) is 11.8 Å². The van der Waals surface area contributed by atoms with Crippen LogP contribution in [0.15, 0.2) is 11.3 Å². The zero-order valence-electron chi connectivity index (χ0n) is 14.0. The van der Waals surface area contributed by atoms with Gasteiger partial charge in [-0.25, -0.2) is 9.59 Å². The molecule has 27 heavy (non-hydrogen) atoms. The fourth-order valence-corrected chi connectivity index (χ4v) is 4.38. The molecule has 2 atom stereocenters. The molecule has 2 aliphatic rings. The number of hydrogen-bond donors (Lipinski definition) is 5. The third-order valence-corrected chi connectivity index (χ3v) is 5.80. The number of primary amides is 1. The number of aliphatic carboxylic acids is 1. The topological polar surface area (TPSA) is 198 Å². The molecule has 2 heterocycles. The van der Waals surface area contributed by atoms with Gasteiger partial charge in [0.1, 0.15) is 17.7 Å². The monoisotopic (exact) mass is 419 g/mol. The van der Waals surface area contributed by atoms with Crippen LogP contribution in [-0.4, -0.2) is 75.4 Å². The number of ether oxygens (including phenoxy) is 2. The van der Waals surface area contributed by atoms with Crippen LogP contribution < -0.4 is 16.8 Å². The molecule has 7 N–H and O–H groups in total. The van der Waals surface area contributed by atoms with Crippen molar-refractivity contribution in [1.82, 2.24) is 10.2 Å². The predicted molar refractivity (Wildman–Crippen MR) is 95.5 cm³/mol. The number of carboxylic acid groups (broad SMARTS) is 1. The Bertz CT molecular complexity index is 743. The largest absolute Gasteiger partial charge is 0.477 e. The molecule has 0 aromatic carbocycles. The second-order valence-electron chi connectivity index (χ2n) is 5.34. The molecular formula is C13H17N5O7S2. The molecule has 0 bridgehead atoms. The Balaban J connectivity index is 2.23. The van der Waals surface area contributed by atoms with Crippen LogP contribution >= 0.6 is 23.5 Å². The van der Waals surface area contributed by atoms with Crippen LogP contribution in [0.4, 0.5) is 4.79 Å². The van der Waals surface area contributed by atoms with E-state index in [0.29, 0.717) is 0 Å². The summed E-state index contributed by atoms with van der Waals surface area (Å²) in [6.45, 7) is -0.373. The van der Waals surface area contributed by atoms with Crippen LogP contribution in [0.3, 0.4) is 0 Å². The Kier molecular flexibility index (Phi) is 6.22. The normalized spacial score (nSPS) is 24.0. The van der Waals surface area contributed by atoms with Crippen molar-refractivity contribution in [3.8, 4) is 0 Å². The van der Waals surface area contributed by atoms with Gasteiger partial charge >= 0.3 is 12.1 Å². The number of amides is 3. The van der Waals surface area contributed by atoms with Crippen molar-refractivity contribution in [1.29, 1.82) is 5.41 Å². The van der Waals surface area contributed by atoms with Gasteiger partial charge in [-0.15, -0.1) is 11.8 Å². The maximum absolute atomic E-state index is 12.7. The fraction of sp³-hybridized carbons (Fsp3) is 0.462. The van der Waals surface area contributed by atoms with E-state index in [0.717, 1.165) is 28.4 Å². The molecule has 2 rings (SSSR count). The SMILES string of the molecule is COC1(NC(=O)CSC(=N)N)C(=O)N2C(C(=O)O)=C(COC(N)=O)CS[C@@H]21. The lowest BCUT2D eigenvalue weighted by Crippen LogP contribution is -2.80. The van der Waals surface area contributed by atoms with Crippen molar-refractivity contribution in [3.63, 3.8) is 0 Å². The highest BCUT2D eigenvalue weighted by Gasteiger charge is 2.66. The summed E-state index contributed by atoms with van der Waals surface area (Å²) in [5.74, 6) is -2.86. The maximum atomic E-state index is 12.7. The number of nitrogens with two attached hydrogens (primary N) is 2. The summed E-state index contributed by atoms with van der Waals surface area (Å²) in [5.41, 5.74) is 8.18. The molecule has 14 heteroatoms. The Morgan fingerprint density at radius 1 is 1.48 bits per heavy atom. The van der Waals surface area contributed by atoms with Crippen molar-refractivity contribution >= 4 is 52.6 Å². The molecule has 0 spiro atoms. The van der Waals surface area contributed by atoms with Gasteiger partial charge in [0.2, 0.25) is 5.91 Å². The lowest BCUT2D eigenvalue weighted by Gasteiger charge is -2.55. The maximum Gasteiger partial charge on any atom is 0.404 e. The van der Waals surface area contributed by atoms with E-state index in [4.69, 9.17) is 21.6 Å². The molecule has 0 radical (unpaired) electrons. The Labute approximate surface area is 161 Å². The zero-order valence-corrected chi connectivity index (χ0v) is 15.6. The average molecular weight is 419 g/mol. The predicted octanol–water partition coefficient (Wildman–Crippen LogP) is -1.58. The summed E-state index contributed by atoms with van der Waals surface area (Å²) < 4.78 is 9.87. The zero-order chi connectivity index (χ0) is 20.4. The third-order valence-electron chi connectivity index (χ3n) is 3.71. The number of nitrogens with one attached hydrogen (secondary N) is 2. The minimum Gasteiger partial charge on any atom is -0.477 e. The van der Waals surface area contributed by atoms with E-state index in [1.165, 1.54) is 7.11 Å². The van der Waals surface area contributed by atoms with Crippen molar-refractivity contribution in [2.45, 2.75) is 11.1 Å². The third kappa shape index (κ3) is 3.96. The lowest BCUT2D eigenvalue weighted by molar-refractivity contribution is -0.192. The lowest BCUT2D eigenvalue weighted by atomic mass is 9.98. The number of methoxy groups -OCH3 is 1. The number of rotatable bonds is 7. The molecule has 0 saturated carbocycles. The number of β-lactam (4-membered cyclic amide) rings is 1. The minimum atomic E-state index is -1.74. The van der Waals surface area contributed by atoms with E-state index in [-0.39, 0.29) is 34.6 Å². The average Bonchev–Trinajstić information content (AvgIpc) is 2.61. The number of hydrogen-bond acceptors (Lipinski definition) is 9. The summed E-state index contributed by atoms with van der Waals surface area (Å²) in [6, 6.07) is 0. The molecule has 0 aromatic rings. The first-order chi connectivity index (χ1) is 12.6. The second-order valence-corrected chi connectivity index (χ2v) is 7.43. The number of carbonyl (C=O) groups excluding carboxylic acids is 3. The highest BCUT2D eigenvalue weighted by Crippen LogP contribution is 2.46. The molecule has 1 fully saturated rings. The first kappa shape index (κ1) is 20.9.